The third kappa shape index (κ3) is 6.55. The number of amides is 2. The van der Waals surface area contributed by atoms with E-state index in [-0.39, 0.29) is 18.4 Å². The summed E-state index contributed by atoms with van der Waals surface area (Å²) in [6.07, 6.45) is 2.58. The van der Waals surface area contributed by atoms with Crippen molar-refractivity contribution in [3.05, 3.63) is 99.9 Å². The molecular weight excluding hydrogens is 496 g/mol. The van der Waals surface area contributed by atoms with E-state index in [0.717, 1.165) is 22.9 Å². The van der Waals surface area contributed by atoms with Crippen molar-refractivity contribution in [2.45, 2.75) is 13.5 Å². The molecule has 0 saturated heterocycles. The van der Waals surface area contributed by atoms with Crippen molar-refractivity contribution >= 4 is 44.5 Å². The third-order valence-electron chi connectivity index (χ3n) is 5.26. The molecule has 0 unspecified atom stereocenters. The zero-order chi connectivity index (χ0) is 25.7. The van der Waals surface area contributed by atoms with Gasteiger partial charge in [0.25, 0.3) is 11.8 Å². The van der Waals surface area contributed by atoms with Crippen LogP contribution in [0.4, 0.5) is 11.4 Å². The Morgan fingerprint density at radius 2 is 1.78 bits per heavy atom. The normalized spacial score (nSPS) is 11.1. The Balaban J connectivity index is 1.42. The maximum Gasteiger partial charge on any atom is 0.256 e. The number of aryl methyl sites for hydroxylation is 1. The summed E-state index contributed by atoms with van der Waals surface area (Å²) in [6.45, 7) is 2.18. The molecule has 0 aliphatic rings. The molecule has 0 spiro atoms. The van der Waals surface area contributed by atoms with Crippen LogP contribution in [0.15, 0.2) is 77.6 Å². The Hall–Kier alpha value is -4.02. The minimum Gasteiger partial charge on any atom is -0.348 e. The standard InChI is InChI=1S/C26H24N4O4S2/c1-17-6-8-21(29-26(32)20-10-11-35-16-20)13-23(17)24-9-7-19(15-27-24)25(31)28-14-18-4-3-5-22(12-18)30-36(2,33)34/h3-13,15-16,30H,14H2,1-2H3,(H,28,31)(H,29,32). The number of nitrogens with zero attached hydrogens (tertiary/aromatic N) is 1. The first-order chi connectivity index (χ1) is 17.2. The van der Waals surface area contributed by atoms with Crippen LogP contribution in [0, 0.1) is 6.92 Å². The molecule has 0 aliphatic carbocycles. The molecular formula is C26H24N4O4S2. The first-order valence-corrected chi connectivity index (χ1v) is 13.8. The number of thiophene rings is 1. The number of carbonyl (C=O) groups is 2. The van der Waals surface area contributed by atoms with E-state index in [0.29, 0.717) is 28.2 Å². The van der Waals surface area contributed by atoms with Crippen molar-refractivity contribution in [2.75, 3.05) is 16.3 Å². The van der Waals surface area contributed by atoms with Crippen LogP contribution in [0.2, 0.25) is 0 Å². The lowest BCUT2D eigenvalue weighted by atomic mass is 10.0. The number of hydrogen-bond donors (Lipinski definition) is 3. The summed E-state index contributed by atoms with van der Waals surface area (Å²) in [5, 5.41) is 9.36. The topological polar surface area (TPSA) is 117 Å². The second kappa shape index (κ2) is 10.7. The highest BCUT2D eigenvalue weighted by molar-refractivity contribution is 7.92. The molecule has 0 atom stereocenters. The zero-order valence-electron chi connectivity index (χ0n) is 19.6. The largest absolute Gasteiger partial charge is 0.348 e. The van der Waals surface area contributed by atoms with Gasteiger partial charge in [-0.3, -0.25) is 19.3 Å². The summed E-state index contributed by atoms with van der Waals surface area (Å²) in [4.78, 5) is 29.5. The zero-order valence-corrected chi connectivity index (χ0v) is 21.2. The fraction of sp³-hybridized carbons (Fsp3) is 0.115. The summed E-state index contributed by atoms with van der Waals surface area (Å²) in [7, 11) is -3.38. The lowest BCUT2D eigenvalue weighted by Crippen LogP contribution is -2.23. The number of anilines is 2. The highest BCUT2D eigenvalue weighted by Crippen LogP contribution is 2.26. The van der Waals surface area contributed by atoms with Crippen molar-refractivity contribution in [3.8, 4) is 11.3 Å². The van der Waals surface area contributed by atoms with Gasteiger partial charge in [-0.05, 0) is 65.9 Å². The van der Waals surface area contributed by atoms with Gasteiger partial charge in [0, 0.05) is 35.1 Å². The monoisotopic (exact) mass is 520 g/mol. The van der Waals surface area contributed by atoms with E-state index < -0.39 is 10.0 Å². The van der Waals surface area contributed by atoms with E-state index >= 15 is 0 Å². The minimum atomic E-state index is -3.38. The van der Waals surface area contributed by atoms with Crippen molar-refractivity contribution in [1.82, 2.24) is 10.3 Å². The number of aromatic nitrogens is 1. The van der Waals surface area contributed by atoms with Gasteiger partial charge in [0.15, 0.2) is 0 Å². The number of pyridine rings is 1. The smallest absolute Gasteiger partial charge is 0.256 e. The van der Waals surface area contributed by atoms with Gasteiger partial charge in [-0.15, -0.1) is 0 Å². The van der Waals surface area contributed by atoms with Crippen LogP contribution in [0.5, 0.6) is 0 Å². The molecule has 0 saturated carbocycles. The van der Waals surface area contributed by atoms with Gasteiger partial charge < -0.3 is 10.6 Å². The molecule has 3 N–H and O–H groups in total. The molecule has 2 amide bonds. The number of carbonyl (C=O) groups excluding carboxylic acids is 2. The predicted octanol–water partition coefficient (Wildman–Crippen LogP) is 4.67. The van der Waals surface area contributed by atoms with Crippen molar-refractivity contribution in [1.29, 1.82) is 0 Å². The molecule has 0 radical (unpaired) electrons. The molecule has 0 bridgehead atoms. The molecule has 2 aromatic heterocycles. The van der Waals surface area contributed by atoms with Crippen LogP contribution in [-0.4, -0.2) is 31.5 Å². The number of rotatable bonds is 8. The maximum atomic E-state index is 12.6. The van der Waals surface area contributed by atoms with E-state index in [1.807, 2.05) is 30.5 Å². The number of nitrogens with one attached hydrogen (secondary N) is 3. The molecule has 2 aromatic carbocycles. The van der Waals surface area contributed by atoms with Crippen LogP contribution < -0.4 is 15.4 Å². The Morgan fingerprint density at radius 3 is 2.47 bits per heavy atom. The summed E-state index contributed by atoms with van der Waals surface area (Å²) < 4.78 is 25.3. The molecule has 0 aliphatic heterocycles. The van der Waals surface area contributed by atoms with Gasteiger partial charge in [0.2, 0.25) is 10.0 Å². The van der Waals surface area contributed by atoms with E-state index in [2.05, 4.69) is 20.3 Å². The van der Waals surface area contributed by atoms with Crippen LogP contribution in [-0.2, 0) is 16.6 Å². The number of sulfonamides is 1. The Bertz CT molecular complexity index is 1500. The predicted molar refractivity (Wildman–Crippen MR) is 143 cm³/mol. The highest BCUT2D eigenvalue weighted by atomic mass is 32.2. The second-order valence-corrected chi connectivity index (χ2v) is 10.7. The fourth-order valence-corrected chi connectivity index (χ4v) is 4.69. The summed E-state index contributed by atoms with van der Waals surface area (Å²) >= 11 is 1.46. The highest BCUT2D eigenvalue weighted by Gasteiger charge is 2.12. The average molecular weight is 521 g/mol. The lowest BCUT2D eigenvalue weighted by molar-refractivity contribution is 0.0949. The van der Waals surface area contributed by atoms with Crippen molar-refractivity contribution < 1.29 is 18.0 Å². The van der Waals surface area contributed by atoms with Crippen LogP contribution in [0.3, 0.4) is 0 Å². The third-order valence-corrected chi connectivity index (χ3v) is 6.55. The second-order valence-electron chi connectivity index (χ2n) is 8.19. The van der Waals surface area contributed by atoms with Crippen molar-refractivity contribution in [2.24, 2.45) is 0 Å². The summed E-state index contributed by atoms with van der Waals surface area (Å²) in [6, 6.07) is 17.6. The lowest BCUT2D eigenvalue weighted by Gasteiger charge is -2.11. The fourth-order valence-electron chi connectivity index (χ4n) is 3.50. The molecule has 184 valence electrons. The number of benzene rings is 2. The number of hydrogen-bond acceptors (Lipinski definition) is 6. The maximum absolute atomic E-state index is 12.6. The van der Waals surface area contributed by atoms with Gasteiger partial charge in [-0.1, -0.05) is 18.2 Å². The van der Waals surface area contributed by atoms with Crippen molar-refractivity contribution in [3.63, 3.8) is 0 Å². The van der Waals surface area contributed by atoms with E-state index in [1.165, 1.54) is 17.5 Å². The summed E-state index contributed by atoms with van der Waals surface area (Å²) in [5.41, 5.74) is 5.34. The van der Waals surface area contributed by atoms with Gasteiger partial charge in [-0.25, -0.2) is 8.42 Å². The van der Waals surface area contributed by atoms with Gasteiger partial charge in [0.05, 0.1) is 23.1 Å². The Labute approximate surface area is 213 Å². The first-order valence-electron chi connectivity index (χ1n) is 10.9. The minimum absolute atomic E-state index is 0.177. The Kier molecular flexibility index (Phi) is 7.47. The van der Waals surface area contributed by atoms with Crippen LogP contribution >= 0.6 is 11.3 Å². The van der Waals surface area contributed by atoms with Crippen LogP contribution in [0.1, 0.15) is 31.8 Å². The molecule has 8 nitrogen and oxygen atoms in total. The van der Waals surface area contributed by atoms with E-state index in [4.69, 9.17) is 0 Å². The molecule has 4 rings (SSSR count). The van der Waals surface area contributed by atoms with E-state index in [1.54, 1.807) is 47.8 Å². The summed E-state index contributed by atoms with van der Waals surface area (Å²) in [5.74, 6) is -0.479. The first kappa shape index (κ1) is 25.1. The quantitative estimate of drug-likeness (QED) is 0.312. The SMILES string of the molecule is Cc1ccc(NC(=O)c2ccsc2)cc1-c1ccc(C(=O)NCc2cccc(NS(C)(=O)=O)c2)cn1. The van der Waals surface area contributed by atoms with Gasteiger partial charge in [0.1, 0.15) is 0 Å². The molecule has 36 heavy (non-hydrogen) atoms. The van der Waals surface area contributed by atoms with E-state index in [9.17, 15) is 18.0 Å². The Morgan fingerprint density at radius 1 is 0.944 bits per heavy atom. The molecule has 10 heteroatoms. The van der Waals surface area contributed by atoms with Crippen LogP contribution in [0.25, 0.3) is 11.3 Å². The average Bonchev–Trinajstić information content (AvgIpc) is 3.38. The van der Waals surface area contributed by atoms with Gasteiger partial charge >= 0.3 is 0 Å². The molecule has 0 fully saturated rings. The molecule has 2 heterocycles. The molecule has 4 aromatic rings. The van der Waals surface area contributed by atoms with Gasteiger partial charge in [-0.2, -0.15) is 11.3 Å².